The highest BCUT2D eigenvalue weighted by molar-refractivity contribution is 8.06. The molecule has 0 saturated heterocycles. The van der Waals surface area contributed by atoms with Crippen LogP contribution in [-0.4, -0.2) is 0 Å². The average molecular weight is 335 g/mol. The summed E-state index contributed by atoms with van der Waals surface area (Å²) in [5, 5.41) is 2.28. The number of thioether (sulfide) groups is 2. The minimum Gasteiger partial charge on any atom is -0.0972 e. The van der Waals surface area contributed by atoms with Crippen molar-refractivity contribution in [3.8, 4) is 0 Å². The molecule has 0 saturated carbocycles. The van der Waals surface area contributed by atoms with Gasteiger partial charge < -0.3 is 0 Å². The Hall–Kier alpha value is -1.90. The lowest BCUT2D eigenvalue weighted by atomic mass is 10.1. The van der Waals surface area contributed by atoms with Crippen molar-refractivity contribution in [2.45, 2.75) is 16.2 Å². The van der Waals surface area contributed by atoms with Crippen molar-refractivity contribution in [2.24, 2.45) is 0 Å². The molecule has 0 atom stereocenters. The van der Waals surface area contributed by atoms with E-state index in [4.69, 9.17) is 0 Å². The zero-order valence-electron chi connectivity index (χ0n) is 12.8. The van der Waals surface area contributed by atoms with Gasteiger partial charge >= 0.3 is 0 Å². The molecular weight excluding hydrogens is 316 g/mol. The molecule has 114 valence electrons. The predicted molar refractivity (Wildman–Crippen MR) is 103 cm³/mol. The Morgan fingerprint density at radius 3 is 1.78 bits per heavy atom. The Kier molecular flexibility index (Phi) is 6.01. The van der Waals surface area contributed by atoms with E-state index in [9.17, 15) is 0 Å². The van der Waals surface area contributed by atoms with Gasteiger partial charge in [-0.05, 0) is 35.2 Å². The van der Waals surface area contributed by atoms with Crippen LogP contribution in [0.2, 0.25) is 0 Å². The summed E-state index contributed by atoms with van der Waals surface area (Å²) in [4.78, 5) is 3.91. The molecule has 0 bridgehead atoms. The van der Waals surface area contributed by atoms with Gasteiger partial charge in [-0.15, -0.1) is 0 Å². The van der Waals surface area contributed by atoms with Crippen LogP contribution in [0, 0.1) is 0 Å². The fourth-order valence-electron chi connectivity index (χ4n) is 2.17. The van der Waals surface area contributed by atoms with Crippen LogP contribution in [-0.2, 0) is 6.42 Å². The smallest absolute Gasteiger partial charge is 0.0119 e. The number of hydrogen-bond acceptors (Lipinski definition) is 2. The molecule has 0 N–H and O–H groups in total. The van der Waals surface area contributed by atoms with Crippen LogP contribution < -0.4 is 0 Å². The zero-order valence-corrected chi connectivity index (χ0v) is 14.4. The number of benzene rings is 3. The van der Waals surface area contributed by atoms with E-state index in [2.05, 4.69) is 96.4 Å². The first kappa shape index (κ1) is 16.0. The number of allylic oxidation sites excluding steroid dienone is 1. The first-order valence-electron chi connectivity index (χ1n) is 7.58. The summed E-state index contributed by atoms with van der Waals surface area (Å²) in [6.45, 7) is 0. The molecule has 0 fully saturated rings. The van der Waals surface area contributed by atoms with E-state index in [1.807, 2.05) is 11.8 Å². The molecule has 0 radical (unpaired) electrons. The third-order valence-corrected chi connectivity index (χ3v) is 5.41. The number of hydrogen-bond donors (Lipinski definition) is 0. The average Bonchev–Trinajstić information content (AvgIpc) is 2.62. The van der Waals surface area contributed by atoms with Gasteiger partial charge in [-0.2, -0.15) is 0 Å². The normalized spacial score (nSPS) is 11.4. The molecule has 0 aliphatic rings. The van der Waals surface area contributed by atoms with Gasteiger partial charge in [0, 0.05) is 21.1 Å². The Balaban J connectivity index is 1.77. The van der Waals surface area contributed by atoms with E-state index < -0.39 is 0 Å². The number of rotatable bonds is 6. The Morgan fingerprint density at radius 1 is 0.652 bits per heavy atom. The van der Waals surface area contributed by atoms with Gasteiger partial charge in [0.2, 0.25) is 0 Å². The largest absolute Gasteiger partial charge is 0.0972 e. The second kappa shape index (κ2) is 8.66. The van der Waals surface area contributed by atoms with Crippen molar-refractivity contribution < 1.29 is 0 Å². The van der Waals surface area contributed by atoms with Crippen molar-refractivity contribution in [1.82, 2.24) is 0 Å². The van der Waals surface area contributed by atoms with Gasteiger partial charge in [0.15, 0.2) is 0 Å². The highest BCUT2D eigenvalue weighted by Crippen LogP contribution is 2.32. The van der Waals surface area contributed by atoms with Crippen molar-refractivity contribution >= 4 is 23.5 Å². The summed E-state index contributed by atoms with van der Waals surface area (Å²) in [6.07, 6.45) is 0.959. The first-order chi connectivity index (χ1) is 11.4. The van der Waals surface area contributed by atoms with Crippen molar-refractivity contribution in [3.63, 3.8) is 0 Å². The Labute approximate surface area is 146 Å². The predicted octanol–water partition coefficient (Wildman–Crippen LogP) is 6.66. The van der Waals surface area contributed by atoms with Crippen LogP contribution in [0.15, 0.2) is 111 Å². The summed E-state index contributed by atoms with van der Waals surface area (Å²) in [5.41, 5.74) is 1.34. The molecule has 0 aliphatic heterocycles. The third-order valence-electron chi connectivity index (χ3n) is 3.28. The maximum absolute atomic E-state index is 2.28. The molecule has 0 spiro atoms. The van der Waals surface area contributed by atoms with Crippen LogP contribution >= 0.6 is 23.5 Å². The van der Waals surface area contributed by atoms with Crippen molar-refractivity contribution in [1.29, 1.82) is 0 Å². The molecule has 23 heavy (non-hydrogen) atoms. The highest BCUT2D eigenvalue weighted by Gasteiger charge is 2.03. The lowest BCUT2D eigenvalue weighted by molar-refractivity contribution is 1.25. The van der Waals surface area contributed by atoms with Gasteiger partial charge in [0.1, 0.15) is 0 Å². The molecule has 0 heterocycles. The van der Waals surface area contributed by atoms with Gasteiger partial charge in [0.25, 0.3) is 0 Å². The van der Waals surface area contributed by atoms with Gasteiger partial charge in [0.05, 0.1) is 0 Å². The van der Waals surface area contributed by atoms with E-state index in [1.165, 1.54) is 20.3 Å². The molecule has 0 amide bonds. The van der Waals surface area contributed by atoms with E-state index in [0.29, 0.717) is 0 Å². The van der Waals surface area contributed by atoms with E-state index in [1.54, 1.807) is 11.8 Å². The summed E-state index contributed by atoms with van der Waals surface area (Å²) >= 11 is 3.63. The third kappa shape index (κ3) is 5.34. The summed E-state index contributed by atoms with van der Waals surface area (Å²) in [5.74, 6) is 0. The van der Waals surface area contributed by atoms with Crippen LogP contribution in [0.4, 0.5) is 0 Å². The topological polar surface area (TPSA) is 0 Å². The lowest BCUT2D eigenvalue weighted by Crippen LogP contribution is -1.86. The fourth-order valence-corrected chi connectivity index (χ4v) is 4.01. The molecule has 0 aliphatic carbocycles. The minimum absolute atomic E-state index is 0.959. The van der Waals surface area contributed by atoms with Gasteiger partial charge in [-0.25, -0.2) is 0 Å². The molecule has 2 heteroatoms. The first-order valence-corrected chi connectivity index (χ1v) is 9.27. The Bertz CT molecular complexity index is 691. The van der Waals surface area contributed by atoms with Crippen LogP contribution in [0.1, 0.15) is 5.56 Å². The highest BCUT2D eigenvalue weighted by atomic mass is 32.2. The fraction of sp³-hybridized carbons (Fsp3) is 0.0476. The lowest BCUT2D eigenvalue weighted by Gasteiger charge is -2.08. The quantitative estimate of drug-likeness (QED) is 0.463. The maximum Gasteiger partial charge on any atom is 0.0119 e. The molecule has 0 unspecified atom stereocenters. The van der Waals surface area contributed by atoms with E-state index in [-0.39, 0.29) is 0 Å². The second-order valence-corrected chi connectivity index (χ2v) is 7.24. The Morgan fingerprint density at radius 2 is 1.17 bits per heavy atom. The monoisotopic (exact) mass is 334 g/mol. The van der Waals surface area contributed by atoms with Crippen LogP contribution in [0.3, 0.4) is 0 Å². The maximum atomic E-state index is 2.28. The molecule has 3 aromatic carbocycles. The zero-order chi connectivity index (χ0) is 15.7. The van der Waals surface area contributed by atoms with Crippen molar-refractivity contribution in [3.05, 3.63) is 107 Å². The van der Waals surface area contributed by atoms with Crippen molar-refractivity contribution in [2.75, 3.05) is 0 Å². The summed E-state index contributed by atoms with van der Waals surface area (Å²) < 4.78 is 0. The molecule has 3 rings (SSSR count). The van der Waals surface area contributed by atoms with E-state index in [0.717, 1.165) is 6.42 Å². The van der Waals surface area contributed by atoms with Gasteiger partial charge in [-0.1, -0.05) is 90.3 Å². The molecule has 0 nitrogen and oxygen atoms in total. The van der Waals surface area contributed by atoms with Crippen LogP contribution in [0.5, 0.6) is 0 Å². The molecule has 3 aromatic rings. The molecule has 0 aromatic heterocycles. The minimum atomic E-state index is 0.959. The summed E-state index contributed by atoms with van der Waals surface area (Å²) in [6, 6.07) is 31.7. The second-order valence-electron chi connectivity index (χ2n) is 5.09. The molecular formula is C21H18S2. The SMILES string of the molecule is C(/Sc1ccccc1)=C(/Cc1ccccc1)Sc1ccccc1. The standard InChI is InChI=1S/C21H18S2/c1-4-10-18(11-5-1)16-21(23-20-14-8-3-9-15-20)17-22-19-12-6-2-7-13-19/h1-15,17H,16H2/b21-17+. The van der Waals surface area contributed by atoms with Crippen LogP contribution in [0.25, 0.3) is 0 Å². The van der Waals surface area contributed by atoms with Gasteiger partial charge in [-0.3, -0.25) is 0 Å². The summed E-state index contributed by atoms with van der Waals surface area (Å²) in [7, 11) is 0. The van der Waals surface area contributed by atoms with E-state index >= 15 is 0 Å².